The van der Waals surface area contributed by atoms with Crippen LogP contribution < -0.4 is 0 Å². The minimum Gasteiger partial charge on any atom is -0.275 e. The Bertz CT molecular complexity index is 624. The summed E-state index contributed by atoms with van der Waals surface area (Å²) in [5.41, 5.74) is 0.368. The van der Waals surface area contributed by atoms with E-state index in [0.29, 0.717) is 5.56 Å². The minimum absolute atomic E-state index is 0.0963. The highest BCUT2D eigenvalue weighted by Crippen LogP contribution is 2.40. The number of likely N-dealkylation sites (N-methyl/N-ethyl adjacent to an activating group) is 1. The predicted octanol–water partition coefficient (Wildman–Crippen LogP) is 1.46. The molecule has 5 nitrogen and oxygen atoms in total. The zero-order valence-corrected chi connectivity index (χ0v) is 11.4. The third-order valence-electron chi connectivity index (χ3n) is 2.65. The van der Waals surface area contributed by atoms with Crippen LogP contribution in [0.2, 0.25) is 0 Å². The molecule has 7 heteroatoms. The average Bonchev–Trinajstić information content (AvgIpc) is 2.56. The number of nitrogens with zero attached hydrogens (tertiary/aromatic N) is 1. The van der Waals surface area contributed by atoms with Crippen LogP contribution in [0.15, 0.2) is 29.2 Å². The van der Waals surface area contributed by atoms with E-state index in [1.54, 1.807) is 18.2 Å². The SMILES string of the molecule is CN1C(=O)SC(c2ccccc2S(C)(=O)=O)C1=O. The Balaban J connectivity index is 2.54. The lowest BCUT2D eigenvalue weighted by atomic mass is 10.1. The summed E-state index contributed by atoms with van der Waals surface area (Å²) in [6, 6.07) is 6.26. The van der Waals surface area contributed by atoms with Gasteiger partial charge in [0.15, 0.2) is 9.84 Å². The summed E-state index contributed by atoms with van der Waals surface area (Å²) in [7, 11) is -2.04. The normalized spacial score (nSPS) is 20.6. The van der Waals surface area contributed by atoms with Crippen molar-refractivity contribution < 1.29 is 18.0 Å². The van der Waals surface area contributed by atoms with Crippen LogP contribution in [-0.4, -0.2) is 37.8 Å². The van der Waals surface area contributed by atoms with E-state index in [1.807, 2.05) is 0 Å². The van der Waals surface area contributed by atoms with Crippen LogP contribution in [0.3, 0.4) is 0 Å². The zero-order chi connectivity index (χ0) is 13.5. The molecule has 1 aromatic carbocycles. The summed E-state index contributed by atoms with van der Waals surface area (Å²) in [5, 5.41) is -1.14. The van der Waals surface area contributed by atoms with Crippen LogP contribution in [0, 0.1) is 0 Å². The first-order valence-electron chi connectivity index (χ1n) is 5.09. The van der Waals surface area contributed by atoms with Crippen molar-refractivity contribution in [2.45, 2.75) is 10.1 Å². The van der Waals surface area contributed by atoms with Gasteiger partial charge in [0.25, 0.3) is 5.24 Å². The van der Waals surface area contributed by atoms with Crippen LogP contribution in [0.1, 0.15) is 10.8 Å². The van der Waals surface area contributed by atoms with E-state index in [4.69, 9.17) is 0 Å². The Labute approximate surface area is 109 Å². The van der Waals surface area contributed by atoms with Crippen molar-refractivity contribution in [3.63, 3.8) is 0 Å². The molecule has 0 saturated carbocycles. The number of imide groups is 1. The number of amides is 2. The third-order valence-corrected chi connectivity index (χ3v) is 4.99. The minimum atomic E-state index is -3.42. The first-order chi connectivity index (χ1) is 8.32. The molecule has 1 aromatic rings. The van der Waals surface area contributed by atoms with Gasteiger partial charge >= 0.3 is 0 Å². The first-order valence-corrected chi connectivity index (χ1v) is 7.86. The number of sulfone groups is 1. The molecular formula is C11H11NO4S2. The van der Waals surface area contributed by atoms with Crippen LogP contribution in [-0.2, 0) is 14.6 Å². The Morgan fingerprint density at radius 1 is 1.22 bits per heavy atom. The number of rotatable bonds is 2. The van der Waals surface area contributed by atoms with Gasteiger partial charge in [-0.1, -0.05) is 18.2 Å². The lowest BCUT2D eigenvalue weighted by Crippen LogP contribution is -2.24. The van der Waals surface area contributed by atoms with E-state index in [2.05, 4.69) is 0 Å². The maximum absolute atomic E-state index is 11.9. The fourth-order valence-corrected chi connectivity index (χ4v) is 3.78. The molecule has 0 bridgehead atoms. The molecule has 0 aromatic heterocycles. The standard InChI is InChI=1S/C11H11NO4S2/c1-12-10(13)9(17-11(12)14)7-5-3-4-6-8(7)18(2,15)16/h3-6,9H,1-2H3. The second kappa shape index (κ2) is 4.40. The molecule has 1 atom stereocenters. The van der Waals surface area contributed by atoms with Gasteiger partial charge in [0.1, 0.15) is 5.25 Å². The Morgan fingerprint density at radius 3 is 2.33 bits per heavy atom. The van der Waals surface area contributed by atoms with Crippen LogP contribution in [0.4, 0.5) is 4.79 Å². The van der Waals surface area contributed by atoms with Crippen LogP contribution >= 0.6 is 11.8 Å². The summed E-state index contributed by atoms with van der Waals surface area (Å²) in [5.74, 6) is -0.388. The predicted molar refractivity (Wildman–Crippen MR) is 68.0 cm³/mol. The van der Waals surface area contributed by atoms with Gasteiger partial charge in [0.2, 0.25) is 5.91 Å². The molecule has 0 spiro atoms. The molecular weight excluding hydrogens is 274 g/mol. The van der Waals surface area contributed by atoms with Gasteiger partial charge < -0.3 is 0 Å². The van der Waals surface area contributed by atoms with Crippen molar-refractivity contribution in [2.24, 2.45) is 0 Å². The third kappa shape index (κ3) is 2.15. The Morgan fingerprint density at radius 2 is 1.83 bits per heavy atom. The Hall–Kier alpha value is -1.34. The van der Waals surface area contributed by atoms with Gasteiger partial charge in [0, 0.05) is 13.3 Å². The average molecular weight is 285 g/mol. The second-order valence-electron chi connectivity index (χ2n) is 3.97. The largest absolute Gasteiger partial charge is 0.289 e. The van der Waals surface area contributed by atoms with Crippen molar-refractivity contribution in [3.8, 4) is 0 Å². The lowest BCUT2D eigenvalue weighted by molar-refractivity contribution is -0.125. The van der Waals surface area contributed by atoms with Crippen molar-refractivity contribution in [1.82, 2.24) is 4.90 Å². The van der Waals surface area contributed by atoms with Crippen molar-refractivity contribution in [3.05, 3.63) is 29.8 Å². The van der Waals surface area contributed by atoms with Crippen LogP contribution in [0.25, 0.3) is 0 Å². The quantitative estimate of drug-likeness (QED) is 0.822. The topological polar surface area (TPSA) is 71.5 Å². The highest BCUT2D eigenvalue weighted by atomic mass is 32.2. The molecule has 18 heavy (non-hydrogen) atoms. The van der Waals surface area contributed by atoms with E-state index in [0.717, 1.165) is 22.9 Å². The summed E-state index contributed by atoms with van der Waals surface area (Å²) in [4.78, 5) is 24.4. The summed E-state index contributed by atoms with van der Waals surface area (Å²) >= 11 is 0.838. The molecule has 0 radical (unpaired) electrons. The maximum atomic E-state index is 11.9. The fraction of sp³-hybridized carbons (Fsp3) is 0.273. The number of thioether (sulfide) groups is 1. The van der Waals surface area contributed by atoms with E-state index < -0.39 is 15.1 Å². The molecule has 1 heterocycles. The number of hydrogen-bond acceptors (Lipinski definition) is 5. The molecule has 96 valence electrons. The highest BCUT2D eigenvalue weighted by molar-refractivity contribution is 8.15. The highest BCUT2D eigenvalue weighted by Gasteiger charge is 2.40. The number of carbonyl (C=O) groups is 2. The maximum Gasteiger partial charge on any atom is 0.289 e. The van der Waals surface area contributed by atoms with E-state index in [-0.39, 0.29) is 16.0 Å². The smallest absolute Gasteiger partial charge is 0.275 e. The summed E-state index contributed by atoms with van der Waals surface area (Å²) in [6.07, 6.45) is 1.08. The van der Waals surface area contributed by atoms with E-state index in [1.165, 1.54) is 13.1 Å². The monoisotopic (exact) mass is 285 g/mol. The van der Waals surface area contributed by atoms with Crippen LogP contribution in [0.5, 0.6) is 0 Å². The first kappa shape index (κ1) is 13.1. The Kier molecular flexibility index (Phi) is 3.20. The summed E-state index contributed by atoms with van der Waals surface area (Å²) in [6.45, 7) is 0. The number of hydrogen-bond donors (Lipinski definition) is 0. The number of carbonyl (C=O) groups excluding carboxylic acids is 2. The lowest BCUT2D eigenvalue weighted by Gasteiger charge is -2.11. The van der Waals surface area contributed by atoms with E-state index in [9.17, 15) is 18.0 Å². The van der Waals surface area contributed by atoms with Crippen molar-refractivity contribution in [2.75, 3.05) is 13.3 Å². The van der Waals surface area contributed by atoms with Crippen molar-refractivity contribution >= 4 is 32.7 Å². The van der Waals surface area contributed by atoms with Gasteiger partial charge in [-0.3, -0.25) is 14.5 Å². The van der Waals surface area contributed by atoms with Gasteiger partial charge in [-0.15, -0.1) is 0 Å². The molecule has 1 aliphatic rings. The van der Waals surface area contributed by atoms with Gasteiger partial charge in [-0.05, 0) is 23.4 Å². The fourth-order valence-electron chi connectivity index (χ4n) is 1.73. The van der Waals surface area contributed by atoms with Gasteiger partial charge in [-0.2, -0.15) is 0 Å². The molecule has 2 rings (SSSR count). The summed E-state index contributed by atoms with van der Waals surface area (Å²) < 4.78 is 23.3. The van der Waals surface area contributed by atoms with Crippen molar-refractivity contribution in [1.29, 1.82) is 0 Å². The molecule has 0 N–H and O–H groups in total. The molecule has 1 fully saturated rings. The molecule has 1 aliphatic heterocycles. The van der Waals surface area contributed by atoms with E-state index >= 15 is 0 Å². The number of benzene rings is 1. The second-order valence-corrected chi connectivity index (χ2v) is 7.01. The van der Waals surface area contributed by atoms with Gasteiger partial charge in [-0.25, -0.2) is 8.42 Å². The molecule has 2 amide bonds. The molecule has 0 aliphatic carbocycles. The molecule has 1 saturated heterocycles. The zero-order valence-electron chi connectivity index (χ0n) is 9.78. The van der Waals surface area contributed by atoms with Gasteiger partial charge in [0.05, 0.1) is 4.90 Å². The molecule has 1 unspecified atom stereocenters.